The van der Waals surface area contributed by atoms with Crippen molar-refractivity contribution in [2.75, 3.05) is 5.32 Å². The van der Waals surface area contributed by atoms with E-state index >= 15 is 0 Å². The van der Waals surface area contributed by atoms with Crippen LogP contribution in [0.2, 0.25) is 5.02 Å². The maximum absolute atomic E-state index is 13.0. The quantitative estimate of drug-likeness (QED) is 0.885. The second-order valence-corrected chi connectivity index (χ2v) is 4.21. The molecule has 2 rings (SSSR count). The molecule has 2 nitrogen and oxygen atoms in total. The van der Waals surface area contributed by atoms with Gasteiger partial charge in [0.2, 0.25) is 0 Å². The molecule has 5 heteroatoms. The fraction of sp³-hybridized carbons (Fsp3) is 0.0769. The first-order valence-corrected chi connectivity index (χ1v) is 5.60. The summed E-state index contributed by atoms with van der Waals surface area (Å²) in [7, 11) is 0. The van der Waals surface area contributed by atoms with Gasteiger partial charge in [-0.25, -0.2) is 8.78 Å². The third kappa shape index (κ3) is 3.11. The summed E-state index contributed by atoms with van der Waals surface area (Å²) in [6, 6.07) is 7.99. The van der Waals surface area contributed by atoms with Gasteiger partial charge in [-0.3, -0.25) is 0 Å². The van der Waals surface area contributed by atoms with Gasteiger partial charge in [0, 0.05) is 18.3 Å². The molecular formula is C13H10ClF2NO. The number of anilines is 1. The number of hydrogen-bond donors (Lipinski definition) is 2. The van der Waals surface area contributed by atoms with Gasteiger partial charge in [0.1, 0.15) is 17.4 Å². The molecule has 0 aliphatic heterocycles. The first kappa shape index (κ1) is 12.6. The second kappa shape index (κ2) is 5.23. The van der Waals surface area contributed by atoms with Crippen molar-refractivity contribution < 1.29 is 13.9 Å². The summed E-state index contributed by atoms with van der Waals surface area (Å²) in [5.41, 5.74) is 1.19. The van der Waals surface area contributed by atoms with Crippen LogP contribution in [-0.2, 0) is 6.54 Å². The minimum atomic E-state index is -0.510. The first-order chi connectivity index (χ1) is 8.54. The summed E-state index contributed by atoms with van der Waals surface area (Å²) < 4.78 is 25.9. The molecule has 0 heterocycles. The van der Waals surface area contributed by atoms with E-state index in [0.717, 1.165) is 6.07 Å². The lowest BCUT2D eigenvalue weighted by atomic mass is 10.2. The molecule has 0 atom stereocenters. The van der Waals surface area contributed by atoms with Gasteiger partial charge in [-0.2, -0.15) is 0 Å². The molecule has 0 aromatic heterocycles. The van der Waals surface area contributed by atoms with Gasteiger partial charge in [0.25, 0.3) is 0 Å². The smallest absolute Gasteiger partial charge is 0.141 e. The van der Waals surface area contributed by atoms with Crippen molar-refractivity contribution in [2.45, 2.75) is 6.54 Å². The van der Waals surface area contributed by atoms with Crippen LogP contribution in [0.5, 0.6) is 5.75 Å². The number of aromatic hydroxyl groups is 1. The molecule has 0 aliphatic carbocycles. The maximum Gasteiger partial charge on any atom is 0.141 e. The monoisotopic (exact) mass is 269 g/mol. The van der Waals surface area contributed by atoms with Gasteiger partial charge < -0.3 is 10.4 Å². The molecule has 0 saturated heterocycles. The van der Waals surface area contributed by atoms with Crippen molar-refractivity contribution in [1.82, 2.24) is 0 Å². The number of nitrogens with one attached hydrogen (secondary N) is 1. The SMILES string of the molecule is Oc1cc(F)cc(CNc2ccc(F)c(Cl)c2)c1. The first-order valence-electron chi connectivity index (χ1n) is 5.22. The van der Waals surface area contributed by atoms with Crippen LogP contribution in [0.25, 0.3) is 0 Å². The van der Waals surface area contributed by atoms with Crippen LogP contribution in [0.3, 0.4) is 0 Å². The van der Waals surface area contributed by atoms with Crippen LogP contribution < -0.4 is 5.32 Å². The van der Waals surface area contributed by atoms with E-state index in [0.29, 0.717) is 17.8 Å². The number of halogens is 3. The Morgan fingerprint density at radius 1 is 1.11 bits per heavy atom. The normalized spacial score (nSPS) is 10.4. The molecule has 0 saturated carbocycles. The number of hydrogen-bond acceptors (Lipinski definition) is 2. The predicted octanol–water partition coefficient (Wildman–Crippen LogP) is 3.94. The molecule has 18 heavy (non-hydrogen) atoms. The molecule has 0 bridgehead atoms. The Morgan fingerprint density at radius 3 is 2.56 bits per heavy atom. The summed E-state index contributed by atoms with van der Waals surface area (Å²) in [4.78, 5) is 0. The van der Waals surface area contributed by atoms with Crippen molar-refractivity contribution in [2.24, 2.45) is 0 Å². The highest BCUT2D eigenvalue weighted by atomic mass is 35.5. The van der Waals surface area contributed by atoms with Crippen molar-refractivity contribution in [3.63, 3.8) is 0 Å². The van der Waals surface area contributed by atoms with E-state index in [2.05, 4.69) is 5.32 Å². The lowest BCUT2D eigenvalue weighted by Crippen LogP contribution is -2.00. The third-order valence-electron chi connectivity index (χ3n) is 2.36. The lowest BCUT2D eigenvalue weighted by Gasteiger charge is -2.08. The molecule has 0 radical (unpaired) electrons. The van der Waals surface area contributed by atoms with E-state index in [1.165, 1.54) is 30.3 Å². The van der Waals surface area contributed by atoms with E-state index in [1.54, 1.807) is 0 Å². The number of rotatable bonds is 3. The maximum atomic E-state index is 13.0. The molecule has 0 unspecified atom stereocenters. The summed E-state index contributed by atoms with van der Waals surface area (Å²) in [5, 5.41) is 12.2. The Hall–Kier alpha value is -1.81. The van der Waals surface area contributed by atoms with Crippen LogP contribution in [0.4, 0.5) is 14.5 Å². The van der Waals surface area contributed by atoms with E-state index in [9.17, 15) is 13.9 Å². The third-order valence-corrected chi connectivity index (χ3v) is 2.65. The second-order valence-electron chi connectivity index (χ2n) is 3.80. The Labute approximate surface area is 108 Å². The van der Waals surface area contributed by atoms with Gasteiger partial charge in [-0.15, -0.1) is 0 Å². The van der Waals surface area contributed by atoms with Crippen molar-refractivity contribution in [3.8, 4) is 5.75 Å². The topological polar surface area (TPSA) is 32.3 Å². The molecule has 0 spiro atoms. The highest BCUT2D eigenvalue weighted by Crippen LogP contribution is 2.21. The summed E-state index contributed by atoms with van der Waals surface area (Å²) >= 11 is 5.63. The van der Waals surface area contributed by atoms with E-state index < -0.39 is 11.6 Å². The van der Waals surface area contributed by atoms with Gasteiger partial charge in [0.05, 0.1) is 5.02 Å². The largest absolute Gasteiger partial charge is 0.508 e. The number of benzene rings is 2. The Balaban J connectivity index is 2.08. The average molecular weight is 270 g/mol. The zero-order valence-corrected chi connectivity index (χ0v) is 10.0. The molecule has 0 aliphatic rings. The van der Waals surface area contributed by atoms with Crippen molar-refractivity contribution in [3.05, 3.63) is 58.6 Å². The van der Waals surface area contributed by atoms with Crippen LogP contribution in [0.1, 0.15) is 5.56 Å². The van der Waals surface area contributed by atoms with Gasteiger partial charge in [-0.05, 0) is 35.9 Å². The van der Waals surface area contributed by atoms with Crippen LogP contribution in [0.15, 0.2) is 36.4 Å². The molecule has 0 fully saturated rings. The molecule has 2 N–H and O–H groups in total. The Morgan fingerprint density at radius 2 is 1.89 bits per heavy atom. The minimum absolute atomic E-state index is 0.0158. The van der Waals surface area contributed by atoms with Crippen molar-refractivity contribution >= 4 is 17.3 Å². The molecule has 94 valence electrons. The summed E-state index contributed by atoms with van der Waals surface area (Å²) in [6.07, 6.45) is 0. The highest BCUT2D eigenvalue weighted by Gasteiger charge is 2.02. The summed E-state index contributed by atoms with van der Waals surface area (Å²) in [5.74, 6) is -1.14. The standard InChI is InChI=1S/C13H10ClF2NO/c14-12-6-10(1-2-13(12)16)17-7-8-3-9(15)5-11(18)4-8/h1-6,17-18H,7H2. The molecule has 2 aromatic rings. The van der Waals surface area contributed by atoms with E-state index in [-0.39, 0.29) is 10.8 Å². The van der Waals surface area contributed by atoms with Gasteiger partial charge >= 0.3 is 0 Å². The van der Waals surface area contributed by atoms with E-state index in [4.69, 9.17) is 11.6 Å². The molecule has 0 amide bonds. The zero-order chi connectivity index (χ0) is 13.1. The zero-order valence-electron chi connectivity index (χ0n) is 9.25. The fourth-order valence-corrected chi connectivity index (χ4v) is 1.73. The Bertz CT molecular complexity index is 555. The van der Waals surface area contributed by atoms with E-state index in [1.807, 2.05) is 0 Å². The van der Waals surface area contributed by atoms with Gasteiger partial charge in [0.15, 0.2) is 0 Å². The average Bonchev–Trinajstić information content (AvgIpc) is 2.29. The summed E-state index contributed by atoms with van der Waals surface area (Å²) in [6.45, 7) is 0.299. The number of phenols is 1. The molecular weight excluding hydrogens is 260 g/mol. The van der Waals surface area contributed by atoms with Crippen molar-refractivity contribution in [1.29, 1.82) is 0 Å². The molecule has 2 aromatic carbocycles. The highest BCUT2D eigenvalue weighted by molar-refractivity contribution is 6.31. The fourth-order valence-electron chi connectivity index (χ4n) is 1.55. The van der Waals surface area contributed by atoms with Crippen LogP contribution in [-0.4, -0.2) is 5.11 Å². The number of phenolic OH excluding ortho intramolecular Hbond substituents is 1. The van der Waals surface area contributed by atoms with Crippen LogP contribution >= 0.6 is 11.6 Å². The van der Waals surface area contributed by atoms with Gasteiger partial charge in [-0.1, -0.05) is 11.6 Å². The minimum Gasteiger partial charge on any atom is -0.508 e. The van der Waals surface area contributed by atoms with Crippen LogP contribution in [0, 0.1) is 11.6 Å². The predicted molar refractivity (Wildman–Crippen MR) is 66.8 cm³/mol. The lowest BCUT2D eigenvalue weighted by molar-refractivity contribution is 0.468. The Kier molecular flexibility index (Phi) is 3.67.